The van der Waals surface area contributed by atoms with E-state index in [-0.39, 0.29) is 0 Å². The van der Waals surface area contributed by atoms with Crippen LogP contribution in [-0.4, -0.2) is 4.57 Å². The molecule has 0 unspecified atom stereocenters. The fourth-order valence-electron chi connectivity index (χ4n) is 15.3. The minimum atomic E-state index is 0.956. The van der Waals surface area contributed by atoms with Crippen LogP contribution in [0.25, 0.3) is 186 Å². The lowest BCUT2D eigenvalue weighted by atomic mass is 10.0. The van der Waals surface area contributed by atoms with Gasteiger partial charge in [0.25, 0.3) is 0 Å². The van der Waals surface area contributed by atoms with Crippen molar-refractivity contribution in [1.29, 1.82) is 0 Å². The van der Waals surface area contributed by atoms with Crippen molar-refractivity contribution in [1.82, 2.24) is 4.57 Å². The van der Waals surface area contributed by atoms with Crippen LogP contribution in [0.4, 0.5) is 0 Å². The van der Waals surface area contributed by atoms with Crippen molar-refractivity contribution in [3.63, 3.8) is 0 Å². The second-order valence-corrected chi connectivity index (χ2v) is 26.1. The number of furan rings is 5. The van der Waals surface area contributed by atoms with Gasteiger partial charge in [0.05, 0.1) is 0 Å². The van der Waals surface area contributed by atoms with Gasteiger partial charge in [-0.25, -0.2) is 0 Å². The summed E-state index contributed by atoms with van der Waals surface area (Å²) in [5.41, 5.74) is 18.0. The van der Waals surface area contributed by atoms with Gasteiger partial charge >= 0.3 is 0 Å². The summed E-state index contributed by atoms with van der Waals surface area (Å²) in [6.45, 7) is 20.0. The highest BCUT2D eigenvalue weighted by Gasteiger charge is 2.21. The molecule has 0 saturated heterocycles. The van der Waals surface area contributed by atoms with E-state index < -0.39 is 0 Å². The van der Waals surface area contributed by atoms with E-state index in [0.717, 1.165) is 62.3 Å². The van der Waals surface area contributed by atoms with Gasteiger partial charge in [-0.05, 0) is 151 Å². The molecule has 6 aromatic heterocycles. The highest BCUT2D eigenvalue weighted by molar-refractivity contribution is 6.21. The van der Waals surface area contributed by atoms with Crippen LogP contribution >= 0.6 is 0 Å². The van der Waals surface area contributed by atoms with Gasteiger partial charge in [0, 0.05) is 88.1 Å². The van der Waals surface area contributed by atoms with Gasteiger partial charge < -0.3 is 26.7 Å². The maximum Gasteiger partial charge on any atom is 0.143 e. The average Bonchev–Trinajstić information content (AvgIpc) is 1.58. The lowest BCUT2D eigenvalue weighted by Gasteiger charge is -2.03. The number of rotatable bonds is 0. The third-order valence-corrected chi connectivity index (χ3v) is 20.2. The Balaban J connectivity index is 0.000000109. The molecule has 0 amide bonds. The Morgan fingerprint density at radius 1 is 0.196 bits per heavy atom. The molecule has 0 N–H and O–H groups in total. The van der Waals surface area contributed by atoms with Crippen LogP contribution < -0.4 is 0 Å². The molecule has 1 aliphatic carbocycles. The van der Waals surface area contributed by atoms with Gasteiger partial charge in [0.1, 0.15) is 55.8 Å². The summed E-state index contributed by atoms with van der Waals surface area (Å²) in [5, 5.41) is 24.6. The summed E-state index contributed by atoms with van der Waals surface area (Å²) < 4.78 is 31.5. The maximum absolute atomic E-state index is 5.97. The fraction of sp³-hybridized carbons (Fsp3) is 0.113. The Labute approximate surface area is 654 Å². The topological polar surface area (TPSA) is 70.6 Å². The van der Waals surface area contributed by atoms with Crippen LogP contribution in [0.15, 0.2) is 374 Å². The fourth-order valence-corrected chi connectivity index (χ4v) is 15.3. The molecule has 112 heavy (non-hydrogen) atoms. The summed E-state index contributed by atoms with van der Waals surface area (Å²) in [4.78, 5) is 0. The third kappa shape index (κ3) is 14.6. The molecule has 6 heterocycles. The van der Waals surface area contributed by atoms with Crippen molar-refractivity contribution >= 4 is 175 Å². The van der Waals surface area contributed by atoms with Crippen molar-refractivity contribution in [2.75, 3.05) is 0 Å². The highest BCUT2D eigenvalue weighted by atomic mass is 16.3. The summed E-state index contributed by atoms with van der Waals surface area (Å²) in [6.07, 6.45) is 1.06. The van der Waals surface area contributed by atoms with Gasteiger partial charge in [-0.2, -0.15) is 0 Å². The van der Waals surface area contributed by atoms with Crippen LogP contribution in [0.3, 0.4) is 0 Å². The first-order valence-corrected chi connectivity index (χ1v) is 39.6. The quantitative estimate of drug-likeness (QED) is 0.151. The number of aromatic nitrogens is 1. The van der Waals surface area contributed by atoms with Gasteiger partial charge in [-0.1, -0.05) is 336 Å². The molecule has 0 bridgehead atoms. The SMILES string of the molecule is CC.CC.CC.CC.CC.Cn1c2ccccc2c2cc3c(cc21)-c1ccccc1C3.c1ccc2c(c1)ccc1c3ccccc3oc21.c1ccc2c(c1)ccc1oc3ccccc3c12.c1ccc2c(c1)ccc1oc3ccccc3c12.c1ccc2c(c1)oc1ccccc12.c1ccc2cc3c(cc2c1)oc1ccccc13. The molecule has 552 valence electrons. The Morgan fingerprint density at radius 2 is 0.545 bits per heavy atom. The second-order valence-electron chi connectivity index (χ2n) is 26.1. The molecule has 0 fully saturated rings. The van der Waals surface area contributed by atoms with Crippen molar-refractivity contribution in [2.24, 2.45) is 7.05 Å². The lowest BCUT2D eigenvalue weighted by molar-refractivity contribution is 0.668. The van der Waals surface area contributed by atoms with Crippen molar-refractivity contribution in [3.8, 4) is 11.1 Å². The van der Waals surface area contributed by atoms with Crippen molar-refractivity contribution in [3.05, 3.63) is 363 Å². The van der Waals surface area contributed by atoms with E-state index in [2.05, 4.69) is 266 Å². The van der Waals surface area contributed by atoms with Crippen LogP contribution in [0, 0.1) is 0 Å². The van der Waals surface area contributed by atoms with E-state index in [1.54, 1.807) is 0 Å². The predicted octanol–water partition coefficient (Wildman–Crippen LogP) is 32.6. The summed E-state index contributed by atoms with van der Waals surface area (Å²) >= 11 is 0. The van der Waals surface area contributed by atoms with Gasteiger partial charge in [-0.15, -0.1) is 0 Å². The van der Waals surface area contributed by atoms with Crippen molar-refractivity contribution in [2.45, 2.75) is 75.7 Å². The Hall–Kier alpha value is -13.4. The van der Waals surface area contributed by atoms with Gasteiger partial charge in [-0.3, -0.25) is 0 Å². The lowest BCUT2D eigenvalue weighted by Crippen LogP contribution is -1.87. The van der Waals surface area contributed by atoms with Crippen LogP contribution in [0.1, 0.15) is 80.4 Å². The Bertz CT molecular complexity index is 6890. The minimum absolute atomic E-state index is 0.956. The normalized spacial score (nSPS) is 11.0. The number of para-hydroxylation sites is 7. The number of hydrogen-bond acceptors (Lipinski definition) is 5. The predicted molar refractivity (Wildman–Crippen MR) is 484 cm³/mol. The van der Waals surface area contributed by atoms with Crippen LogP contribution in [0.5, 0.6) is 0 Å². The number of nitrogens with zero attached hydrogens (tertiary/aromatic N) is 1. The number of hydrogen-bond donors (Lipinski definition) is 0. The largest absolute Gasteiger partial charge is 0.456 e. The van der Waals surface area contributed by atoms with E-state index in [0.29, 0.717) is 0 Å². The zero-order valence-electron chi connectivity index (χ0n) is 65.7. The number of benzene rings is 17. The molecule has 23 aromatic rings. The molecule has 0 aliphatic heterocycles. The number of fused-ring (bicyclic) bond motifs is 28. The maximum atomic E-state index is 5.97. The first kappa shape index (κ1) is 75.4. The first-order valence-electron chi connectivity index (χ1n) is 39.6. The molecule has 6 heteroatoms. The van der Waals surface area contributed by atoms with E-state index in [1.165, 1.54) is 141 Å². The zero-order valence-corrected chi connectivity index (χ0v) is 65.7. The molecular weight excluding hydrogens is 1370 g/mol. The Morgan fingerprint density at radius 3 is 1.06 bits per heavy atom. The van der Waals surface area contributed by atoms with Gasteiger partial charge in [0.2, 0.25) is 0 Å². The third-order valence-electron chi connectivity index (χ3n) is 20.2. The van der Waals surface area contributed by atoms with E-state index >= 15 is 0 Å². The molecule has 0 radical (unpaired) electrons. The molecule has 1 aliphatic rings. The average molecular weight is 1460 g/mol. The van der Waals surface area contributed by atoms with E-state index in [9.17, 15) is 0 Å². The minimum Gasteiger partial charge on any atom is -0.456 e. The van der Waals surface area contributed by atoms with Gasteiger partial charge in [0.15, 0.2) is 0 Å². The molecule has 6 nitrogen and oxygen atoms in total. The summed E-state index contributed by atoms with van der Waals surface area (Å²) in [6, 6.07) is 122. The standard InChI is InChI=1S/C20H15N.4C16H10O.C12H8O.5C2H6/c1-21-19-9-5-4-8-16(19)18-11-14-10-13-6-2-3-7-15(13)17(14)12-20(18)21;1-2-6-12-10-16-14(9-11(12)5-1)13-7-3-4-8-15(13)17-16;1-2-6-12-11(5-1)9-10-14-13-7-3-4-8-15(13)17-16(12)14;2*1-2-6-12-11(5-1)9-10-15-16(12)13-7-3-4-8-14(13)17-15;1-3-7-11-9(5-1)10-6-2-4-8-12(10)13-11;5*1-2/h2-9,11-12H,10H2,1H3;4*1-10H;1-8H;5*1-2H3. The highest BCUT2D eigenvalue weighted by Crippen LogP contribution is 2.43. The Kier molecular flexibility index (Phi) is 23.5. The van der Waals surface area contributed by atoms with Crippen LogP contribution in [0.2, 0.25) is 0 Å². The number of aryl methyl sites for hydroxylation is 1. The molecule has 0 atom stereocenters. The zero-order chi connectivity index (χ0) is 77.6. The molecule has 0 spiro atoms. The second kappa shape index (κ2) is 34.9. The molecular formula is C106H93NO5. The summed E-state index contributed by atoms with van der Waals surface area (Å²) in [5.74, 6) is 0. The smallest absolute Gasteiger partial charge is 0.143 e. The summed E-state index contributed by atoms with van der Waals surface area (Å²) in [7, 11) is 2.16. The molecule has 24 rings (SSSR count). The van der Waals surface area contributed by atoms with Crippen molar-refractivity contribution < 1.29 is 22.1 Å². The molecule has 0 saturated carbocycles. The van der Waals surface area contributed by atoms with Crippen LogP contribution in [-0.2, 0) is 13.5 Å². The first-order chi connectivity index (χ1) is 55.5. The molecule has 17 aromatic carbocycles. The van der Waals surface area contributed by atoms with E-state index in [4.69, 9.17) is 22.1 Å². The monoisotopic (exact) mass is 1460 g/mol. The van der Waals surface area contributed by atoms with E-state index in [1.807, 2.05) is 166 Å².